The van der Waals surface area contributed by atoms with Crippen LogP contribution in [0.25, 0.3) is 0 Å². The van der Waals surface area contributed by atoms with Crippen LogP contribution in [0, 0.1) is 6.92 Å². The summed E-state index contributed by atoms with van der Waals surface area (Å²) in [5.74, 6) is 1.22. The molecule has 0 radical (unpaired) electrons. The minimum absolute atomic E-state index is 0. The molecule has 1 heterocycles. The highest BCUT2D eigenvalue weighted by atomic mass is 127. The summed E-state index contributed by atoms with van der Waals surface area (Å²) in [7, 11) is 1.72. The highest BCUT2D eigenvalue weighted by molar-refractivity contribution is 14.0. The van der Waals surface area contributed by atoms with Crippen LogP contribution < -0.4 is 16.0 Å². The van der Waals surface area contributed by atoms with E-state index in [0.717, 1.165) is 12.0 Å². The van der Waals surface area contributed by atoms with E-state index in [4.69, 9.17) is 0 Å². The summed E-state index contributed by atoms with van der Waals surface area (Å²) in [6.45, 7) is 6.67. The van der Waals surface area contributed by atoms with E-state index in [1.54, 1.807) is 19.3 Å². The number of halogens is 1. The number of rotatable bonds is 6. The maximum absolute atomic E-state index is 11.8. The number of aromatic nitrogens is 1. The molecule has 0 saturated carbocycles. The Labute approximate surface area is 149 Å². The number of hydrogen-bond donors (Lipinski definition) is 3. The van der Waals surface area contributed by atoms with Crippen molar-refractivity contribution in [2.75, 3.05) is 18.9 Å². The van der Waals surface area contributed by atoms with Crippen molar-refractivity contribution in [2.45, 2.75) is 39.7 Å². The predicted molar refractivity (Wildman–Crippen MR) is 102 cm³/mol. The molecule has 7 heteroatoms. The van der Waals surface area contributed by atoms with E-state index >= 15 is 0 Å². The van der Waals surface area contributed by atoms with Crippen LogP contribution in [0.2, 0.25) is 0 Å². The molecule has 1 atom stereocenters. The summed E-state index contributed by atoms with van der Waals surface area (Å²) in [4.78, 5) is 20.1. The monoisotopic (exact) mass is 419 g/mol. The second kappa shape index (κ2) is 11.2. The number of aliphatic imine (C=N–C) groups is 1. The van der Waals surface area contributed by atoms with Crippen molar-refractivity contribution in [3.8, 4) is 0 Å². The van der Waals surface area contributed by atoms with Gasteiger partial charge in [0.1, 0.15) is 5.82 Å². The van der Waals surface area contributed by atoms with Crippen LogP contribution in [-0.2, 0) is 4.79 Å². The van der Waals surface area contributed by atoms with Gasteiger partial charge in [-0.05, 0) is 31.9 Å². The number of carbonyl (C=O) groups excluding carboxylic acids is 1. The number of hydrogen-bond acceptors (Lipinski definition) is 3. The third-order valence-corrected chi connectivity index (χ3v) is 3.04. The first-order valence-corrected chi connectivity index (χ1v) is 7.24. The largest absolute Gasteiger partial charge is 0.356 e. The molecular weight excluding hydrogens is 393 g/mol. The molecule has 0 aliphatic carbocycles. The average Bonchev–Trinajstić information content (AvgIpc) is 2.48. The van der Waals surface area contributed by atoms with Crippen LogP contribution in [0.5, 0.6) is 0 Å². The van der Waals surface area contributed by atoms with Gasteiger partial charge in [-0.15, -0.1) is 24.0 Å². The summed E-state index contributed by atoms with van der Waals surface area (Å²) < 4.78 is 0. The Bertz CT molecular complexity index is 475. The van der Waals surface area contributed by atoms with Gasteiger partial charge >= 0.3 is 0 Å². The number of pyridine rings is 1. The molecule has 1 rings (SSSR count). The molecule has 0 aliphatic rings. The van der Waals surface area contributed by atoms with Crippen LogP contribution in [0.15, 0.2) is 23.3 Å². The second-order valence-corrected chi connectivity index (χ2v) is 4.97. The lowest BCUT2D eigenvalue weighted by molar-refractivity contribution is -0.116. The molecule has 1 amide bonds. The van der Waals surface area contributed by atoms with Gasteiger partial charge in [0.25, 0.3) is 0 Å². The lowest BCUT2D eigenvalue weighted by Crippen LogP contribution is -2.42. The molecule has 6 nitrogen and oxygen atoms in total. The Morgan fingerprint density at radius 3 is 2.68 bits per heavy atom. The van der Waals surface area contributed by atoms with E-state index in [2.05, 4.69) is 39.8 Å². The van der Waals surface area contributed by atoms with Crippen LogP contribution in [0.1, 0.15) is 32.3 Å². The Morgan fingerprint density at radius 1 is 1.41 bits per heavy atom. The molecule has 1 aromatic rings. The first-order valence-electron chi connectivity index (χ1n) is 7.24. The molecule has 124 valence electrons. The summed E-state index contributed by atoms with van der Waals surface area (Å²) in [6, 6.07) is 4.06. The van der Waals surface area contributed by atoms with Crippen LogP contribution >= 0.6 is 24.0 Å². The van der Waals surface area contributed by atoms with E-state index in [1.165, 1.54) is 0 Å². The number of carbonyl (C=O) groups is 1. The lowest BCUT2D eigenvalue weighted by atomic mass is 10.3. The number of nitrogens with one attached hydrogen (secondary N) is 3. The standard InChI is InChI=1S/C15H25N5O.HI/c1-5-12(3)19-15(16-4)17-9-8-14(21)20-13-7-6-11(2)10-18-13;/h6-7,10,12H,5,8-9H2,1-4H3,(H2,16,17,19)(H,18,20,21);1H. The van der Waals surface area contributed by atoms with Gasteiger partial charge in [0.05, 0.1) is 0 Å². The Morgan fingerprint density at radius 2 is 2.14 bits per heavy atom. The molecule has 22 heavy (non-hydrogen) atoms. The summed E-state index contributed by atoms with van der Waals surface area (Å²) >= 11 is 0. The van der Waals surface area contributed by atoms with Crippen molar-refractivity contribution in [3.05, 3.63) is 23.9 Å². The normalized spacial score (nSPS) is 12.1. The van der Waals surface area contributed by atoms with Gasteiger partial charge in [-0.3, -0.25) is 9.79 Å². The third kappa shape index (κ3) is 8.16. The molecule has 0 fully saturated rings. The molecule has 3 N–H and O–H groups in total. The molecular formula is C15H26IN5O. The van der Waals surface area contributed by atoms with Crippen molar-refractivity contribution in [2.24, 2.45) is 4.99 Å². The minimum Gasteiger partial charge on any atom is -0.356 e. The quantitative estimate of drug-likeness (QED) is 0.376. The van der Waals surface area contributed by atoms with E-state index in [-0.39, 0.29) is 29.9 Å². The molecule has 0 saturated heterocycles. The Hall–Kier alpha value is -1.38. The number of amides is 1. The molecule has 0 spiro atoms. The summed E-state index contributed by atoms with van der Waals surface area (Å²) in [5, 5.41) is 9.12. The smallest absolute Gasteiger partial charge is 0.227 e. The van der Waals surface area contributed by atoms with Crippen molar-refractivity contribution in [1.29, 1.82) is 0 Å². The van der Waals surface area contributed by atoms with Crippen LogP contribution in [-0.4, -0.2) is 36.5 Å². The van der Waals surface area contributed by atoms with E-state index in [0.29, 0.717) is 30.8 Å². The van der Waals surface area contributed by atoms with Crippen molar-refractivity contribution < 1.29 is 4.79 Å². The minimum atomic E-state index is -0.0714. The van der Waals surface area contributed by atoms with Crippen molar-refractivity contribution in [3.63, 3.8) is 0 Å². The van der Waals surface area contributed by atoms with Gasteiger partial charge in [-0.2, -0.15) is 0 Å². The van der Waals surface area contributed by atoms with Gasteiger partial charge in [0.2, 0.25) is 5.91 Å². The molecule has 1 aromatic heterocycles. The fourth-order valence-electron chi connectivity index (χ4n) is 1.57. The van der Waals surface area contributed by atoms with Gasteiger partial charge in [-0.1, -0.05) is 13.0 Å². The van der Waals surface area contributed by atoms with Crippen LogP contribution in [0.4, 0.5) is 5.82 Å². The molecule has 0 aromatic carbocycles. The fourth-order valence-corrected chi connectivity index (χ4v) is 1.57. The maximum atomic E-state index is 11.8. The molecule has 0 bridgehead atoms. The summed E-state index contributed by atoms with van der Waals surface area (Å²) in [6.07, 6.45) is 3.10. The van der Waals surface area contributed by atoms with Gasteiger partial charge in [-0.25, -0.2) is 4.98 Å². The molecule has 0 aliphatic heterocycles. The highest BCUT2D eigenvalue weighted by Gasteiger charge is 2.05. The number of guanidine groups is 1. The second-order valence-electron chi connectivity index (χ2n) is 4.97. The summed E-state index contributed by atoms with van der Waals surface area (Å²) in [5.41, 5.74) is 1.06. The SMILES string of the molecule is CCC(C)NC(=NC)NCCC(=O)Nc1ccc(C)cn1.I. The zero-order valence-corrected chi connectivity index (χ0v) is 16.0. The number of anilines is 1. The first kappa shape index (κ1) is 20.6. The van der Waals surface area contributed by atoms with E-state index < -0.39 is 0 Å². The van der Waals surface area contributed by atoms with Gasteiger partial charge in [0.15, 0.2) is 5.96 Å². The predicted octanol–water partition coefficient (Wildman–Crippen LogP) is 2.30. The third-order valence-electron chi connectivity index (χ3n) is 3.04. The van der Waals surface area contributed by atoms with Crippen molar-refractivity contribution >= 4 is 41.7 Å². The molecule has 1 unspecified atom stereocenters. The highest BCUT2D eigenvalue weighted by Crippen LogP contribution is 2.03. The maximum Gasteiger partial charge on any atom is 0.227 e. The zero-order chi connectivity index (χ0) is 15.7. The Balaban J connectivity index is 0.00000441. The zero-order valence-electron chi connectivity index (χ0n) is 13.6. The van der Waals surface area contributed by atoms with Gasteiger partial charge in [0, 0.05) is 32.3 Å². The fraction of sp³-hybridized carbons (Fsp3) is 0.533. The number of nitrogens with zero attached hydrogens (tertiary/aromatic N) is 2. The van der Waals surface area contributed by atoms with Crippen LogP contribution in [0.3, 0.4) is 0 Å². The van der Waals surface area contributed by atoms with Crippen molar-refractivity contribution in [1.82, 2.24) is 15.6 Å². The lowest BCUT2D eigenvalue weighted by Gasteiger charge is -2.16. The topological polar surface area (TPSA) is 78.4 Å². The Kier molecular flexibility index (Phi) is 10.5. The first-order chi connectivity index (χ1) is 10.0. The average molecular weight is 419 g/mol. The van der Waals surface area contributed by atoms with E-state index in [9.17, 15) is 4.79 Å². The number of aryl methyl sites for hydroxylation is 1. The van der Waals surface area contributed by atoms with E-state index in [1.807, 2.05) is 13.0 Å². The van der Waals surface area contributed by atoms with Gasteiger partial charge < -0.3 is 16.0 Å².